The van der Waals surface area contributed by atoms with E-state index in [0.29, 0.717) is 10.5 Å². The maximum atomic E-state index is 11.4. The summed E-state index contributed by atoms with van der Waals surface area (Å²) >= 11 is 1.39. The summed E-state index contributed by atoms with van der Waals surface area (Å²) in [4.78, 5) is 12.9. The quantitative estimate of drug-likeness (QED) is 0.641. The molecule has 1 rings (SSSR count). The van der Waals surface area contributed by atoms with Gasteiger partial charge in [-0.3, -0.25) is 4.79 Å². The van der Waals surface area contributed by atoms with E-state index < -0.39 is 0 Å². The average Bonchev–Trinajstić information content (AvgIpc) is 2.49. The van der Waals surface area contributed by atoms with Gasteiger partial charge in [-0.1, -0.05) is 57.0 Å². The number of carbonyl (C=O) groups is 1. The molecule has 0 N–H and O–H groups in total. The zero-order chi connectivity index (χ0) is 11.1. The summed E-state index contributed by atoms with van der Waals surface area (Å²) in [5, 5.41) is 0. The van der Waals surface area contributed by atoms with Gasteiger partial charge >= 0.3 is 0 Å². The number of carbonyl (C=O) groups excluding carboxylic acids is 1. The SMILES string of the molecule is C=CC1=C(/C=C\C)C(=O)C(=C)S1.CC. The van der Waals surface area contributed by atoms with Gasteiger partial charge in [-0.25, -0.2) is 0 Å². The molecule has 0 spiro atoms. The summed E-state index contributed by atoms with van der Waals surface area (Å²) < 4.78 is 0. The Morgan fingerprint density at radius 1 is 1.36 bits per heavy atom. The Morgan fingerprint density at radius 2 is 1.93 bits per heavy atom. The third kappa shape index (κ3) is 2.74. The number of rotatable bonds is 2. The maximum absolute atomic E-state index is 11.4. The lowest BCUT2D eigenvalue weighted by molar-refractivity contribution is -0.111. The zero-order valence-corrected chi connectivity index (χ0v) is 9.78. The molecule has 0 atom stereocenters. The first-order chi connectivity index (χ1) is 6.70. The van der Waals surface area contributed by atoms with Crippen LogP contribution in [-0.2, 0) is 4.79 Å². The lowest BCUT2D eigenvalue weighted by Crippen LogP contribution is -1.94. The first-order valence-corrected chi connectivity index (χ1v) is 5.43. The number of allylic oxidation sites excluding steroid dienone is 5. The van der Waals surface area contributed by atoms with Crippen LogP contribution in [0.1, 0.15) is 20.8 Å². The molecule has 0 aromatic heterocycles. The van der Waals surface area contributed by atoms with Gasteiger partial charge in [0.15, 0.2) is 5.78 Å². The van der Waals surface area contributed by atoms with Crippen LogP contribution in [0.25, 0.3) is 0 Å². The number of thioether (sulfide) groups is 1. The summed E-state index contributed by atoms with van der Waals surface area (Å²) in [6.45, 7) is 13.2. The van der Waals surface area contributed by atoms with Crippen LogP contribution in [-0.4, -0.2) is 5.78 Å². The van der Waals surface area contributed by atoms with Crippen molar-refractivity contribution < 1.29 is 4.79 Å². The Bertz CT molecular complexity index is 308. The second-order valence-corrected chi connectivity index (χ2v) is 3.47. The first kappa shape index (κ1) is 13.0. The Hall–Kier alpha value is -1.02. The largest absolute Gasteiger partial charge is 0.288 e. The Kier molecular flexibility index (Phi) is 5.97. The highest BCUT2D eigenvalue weighted by Crippen LogP contribution is 2.38. The monoisotopic (exact) mass is 208 g/mol. The topological polar surface area (TPSA) is 17.1 Å². The van der Waals surface area contributed by atoms with Gasteiger partial charge in [0, 0.05) is 10.5 Å². The Morgan fingerprint density at radius 3 is 2.36 bits per heavy atom. The summed E-state index contributed by atoms with van der Waals surface area (Å²) in [7, 11) is 0. The van der Waals surface area contributed by atoms with Gasteiger partial charge in [-0.05, 0) is 6.92 Å². The molecular weight excluding hydrogens is 192 g/mol. The molecule has 14 heavy (non-hydrogen) atoms. The van der Waals surface area contributed by atoms with E-state index in [1.807, 2.05) is 26.8 Å². The van der Waals surface area contributed by atoms with Gasteiger partial charge in [0.2, 0.25) is 0 Å². The summed E-state index contributed by atoms with van der Waals surface area (Å²) in [6, 6.07) is 0. The second-order valence-electron chi connectivity index (χ2n) is 2.34. The van der Waals surface area contributed by atoms with Crippen molar-refractivity contribution in [2.24, 2.45) is 0 Å². The molecule has 1 nitrogen and oxygen atoms in total. The van der Waals surface area contributed by atoms with E-state index >= 15 is 0 Å². The molecule has 0 unspecified atom stereocenters. The minimum atomic E-state index is 0.0213. The average molecular weight is 208 g/mol. The lowest BCUT2D eigenvalue weighted by atomic mass is 10.1. The smallest absolute Gasteiger partial charge is 0.200 e. The molecule has 0 fully saturated rings. The zero-order valence-electron chi connectivity index (χ0n) is 8.96. The van der Waals surface area contributed by atoms with E-state index in [4.69, 9.17) is 0 Å². The van der Waals surface area contributed by atoms with Gasteiger partial charge < -0.3 is 0 Å². The van der Waals surface area contributed by atoms with Gasteiger partial charge in [-0.2, -0.15) is 0 Å². The number of ketones is 1. The minimum absolute atomic E-state index is 0.0213. The van der Waals surface area contributed by atoms with Crippen molar-refractivity contribution >= 4 is 17.5 Å². The van der Waals surface area contributed by atoms with Crippen molar-refractivity contribution in [1.82, 2.24) is 0 Å². The number of hydrogen-bond donors (Lipinski definition) is 0. The van der Waals surface area contributed by atoms with Crippen molar-refractivity contribution in [1.29, 1.82) is 0 Å². The molecule has 0 radical (unpaired) electrons. The van der Waals surface area contributed by atoms with Crippen LogP contribution in [0.4, 0.5) is 0 Å². The first-order valence-electron chi connectivity index (χ1n) is 4.61. The maximum Gasteiger partial charge on any atom is 0.200 e. The Balaban J connectivity index is 0.000000791. The summed E-state index contributed by atoms with van der Waals surface area (Å²) in [6.07, 6.45) is 5.33. The van der Waals surface area contributed by atoms with Crippen LogP contribution in [0, 0.1) is 0 Å². The number of Topliss-reactive ketones (excluding diaryl/α,β-unsaturated/α-hetero) is 1. The van der Waals surface area contributed by atoms with E-state index in [1.165, 1.54) is 11.8 Å². The highest BCUT2D eigenvalue weighted by atomic mass is 32.2. The van der Waals surface area contributed by atoms with Crippen molar-refractivity contribution in [3.8, 4) is 0 Å². The minimum Gasteiger partial charge on any atom is -0.288 e. The molecule has 2 heteroatoms. The molecule has 0 aromatic carbocycles. The number of hydrogen-bond acceptors (Lipinski definition) is 2. The van der Waals surface area contributed by atoms with E-state index in [9.17, 15) is 4.79 Å². The fraction of sp³-hybridized carbons (Fsp3) is 0.250. The fourth-order valence-corrected chi connectivity index (χ4v) is 1.79. The third-order valence-electron chi connectivity index (χ3n) is 1.52. The molecule has 0 saturated carbocycles. The van der Waals surface area contributed by atoms with Gasteiger partial charge in [-0.15, -0.1) is 0 Å². The molecular formula is C12H16OS. The molecule has 0 amide bonds. The molecule has 0 aromatic rings. The molecule has 76 valence electrons. The van der Waals surface area contributed by atoms with Gasteiger partial charge in [0.1, 0.15) is 0 Å². The van der Waals surface area contributed by atoms with Crippen LogP contribution in [0.15, 0.2) is 46.8 Å². The van der Waals surface area contributed by atoms with E-state index in [1.54, 1.807) is 12.2 Å². The van der Waals surface area contributed by atoms with Crippen molar-refractivity contribution in [2.75, 3.05) is 0 Å². The van der Waals surface area contributed by atoms with Crippen LogP contribution in [0.5, 0.6) is 0 Å². The highest BCUT2D eigenvalue weighted by Gasteiger charge is 2.23. The molecule has 0 saturated heterocycles. The molecule has 0 bridgehead atoms. The Labute approximate surface area is 90.3 Å². The lowest BCUT2D eigenvalue weighted by Gasteiger charge is -1.90. The van der Waals surface area contributed by atoms with Gasteiger partial charge in [0.05, 0.1) is 4.91 Å². The van der Waals surface area contributed by atoms with Crippen molar-refractivity contribution in [2.45, 2.75) is 20.8 Å². The van der Waals surface area contributed by atoms with E-state index in [0.717, 1.165) is 4.91 Å². The highest BCUT2D eigenvalue weighted by molar-refractivity contribution is 8.08. The molecule has 1 aliphatic rings. The van der Waals surface area contributed by atoms with Crippen LogP contribution in [0.2, 0.25) is 0 Å². The van der Waals surface area contributed by atoms with Crippen LogP contribution >= 0.6 is 11.8 Å². The van der Waals surface area contributed by atoms with E-state index in [2.05, 4.69) is 13.2 Å². The molecule has 1 heterocycles. The summed E-state index contributed by atoms with van der Waals surface area (Å²) in [5.41, 5.74) is 0.711. The van der Waals surface area contributed by atoms with Crippen molar-refractivity contribution in [3.63, 3.8) is 0 Å². The normalized spacial score (nSPS) is 15.9. The predicted molar refractivity (Wildman–Crippen MR) is 65.1 cm³/mol. The van der Waals surface area contributed by atoms with Gasteiger partial charge in [0.25, 0.3) is 0 Å². The van der Waals surface area contributed by atoms with E-state index in [-0.39, 0.29) is 5.78 Å². The third-order valence-corrected chi connectivity index (χ3v) is 2.55. The predicted octanol–water partition coefficient (Wildman–Crippen LogP) is 3.86. The molecule has 1 aliphatic heterocycles. The molecule has 0 aliphatic carbocycles. The summed E-state index contributed by atoms with van der Waals surface area (Å²) in [5.74, 6) is 0.0213. The van der Waals surface area contributed by atoms with Crippen LogP contribution < -0.4 is 0 Å². The van der Waals surface area contributed by atoms with Crippen LogP contribution in [0.3, 0.4) is 0 Å². The van der Waals surface area contributed by atoms with Crippen molar-refractivity contribution in [3.05, 3.63) is 46.8 Å². The second kappa shape index (κ2) is 6.44. The standard InChI is InChI=1S/C10H10OS.C2H6/c1-4-6-8-9(5-2)12-7(3)10(8)11;1-2/h4-6H,2-3H2,1H3;1-2H3/b6-4-;. The fourth-order valence-electron chi connectivity index (χ4n) is 0.972.